The molecule has 8 heteroatoms. The van der Waals surface area contributed by atoms with Crippen LogP contribution in [0.2, 0.25) is 0 Å². The van der Waals surface area contributed by atoms with E-state index in [2.05, 4.69) is 15.3 Å². The van der Waals surface area contributed by atoms with Gasteiger partial charge in [0.1, 0.15) is 11.4 Å². The molecule has 1 heterocycles. The Kier molecular flexibility index (Phi) is 5.63. The molecule has 2 aromatic rings. The van der Waals surface area contributed by atoms with Crippen molar-refractivity contribution in [2.45, 2.75) is 26.4 Å². The second kappa shape index (κ2) is 7.69. The first-order valence-corrected chi connectivity index (χ1v) is 7.46. The van der Waals surface area contributed by atoms with E-state index in [4.69, 9.17) is 9.47 Å². The molecule has 0 saturated carbocycles. The molecule has 0 atom stereocenters. The maximum Gasteiger partial charge on any atom is 0.344 e. The minimum absolute atomic E-state index is 0.0517. The molecule has 1 aromatic heterocycles. The maximum atomic E-state index is 12.8. The summed E-state index contributed by atoms with van der Waals surface area (Å²) >= 11 is 0. The highest BCUT2D eigenvalue weighted by Gasteiger charge is 2.17. The lowest BCUT2D eigenvalue weighted by atomic mass is 10.2. The van der Waals surface area contributed by atoms with Crippen LogP contribution in [-0.2, 0) is 9.53 Å². The van der Waals surface area contributed by atoms with Crippen molar-refractivity contribution in [1.82, 2.24) is 9.97 Å². The fourth-order valence-electron chi connectivity index (χ4n) is 1.74. The molecule has 0 saturated heterocycles. The number of rotatable bonds is 5. The quantitative estimate of drug-likeness (QED) is 0.836. The molecular weight excluding hydrogens is 329 g/mol. The van der Waals surface area contributed by atoms with Gasteiger partial charge in [0, 0.05) is 18.1 Å². The molecule has 0 radical (unpaired) electrons. The van der Waals surface area contributed by atoms with Crippen LogP contribution in [0.5, 0.6) is 6.01 Å². The second-order valence-electron chi connectivity index (χ2n) is 6.09. The number of nitrogens with one attached hydrogen (secondary N) is 1. The summed E-state index contributed by atoms with van der Waals surface area (Å²) < 4.78 is 23.0. The summed E-state index contributed by atoms with van der Waals surface area (Å²) in [6, 6.07) is 5.29. The Hall–Kier alpha value is -3.03. The van der Waals surface area contributed by atoms with Gasteiger partial charge in [0.25, 0.3) is 5.91 Å². The van der Waals surface area contributed by atoms with Crippen LogP contribution in [0, 0.1) is 5.82 Å². The van der Waals surface area contributed by atoms with Crippen LogP contribution >= 0.6 is 0 Å². The van der Waals surface area contributed by atoms with E-state index in [9.17, 15) is 14.0 Å². The number of esters is 1. The fraction of sp³-hybridized carbons (Fsp3) is 0.294. The number of benzene rings is 1. The number of carbonyl (C=O) groups excluding carboxylic acids is 2. The standard InChI is InChI=1S/C17H18FN3O4/c1-17(2,3)25-14(22)10-24-16-19-8-11(9-20-16)15(23)21-13-6-4-12(18)5-7-13/h4-9H,10H2,1-3H3,(H,21,23). The van der Waals surface area contributed by atoms with Gasteiger partial charge in [-0.3, -0.25) is 4.79 Å². The van der Waals surface area contributed by atoms with Crippen LogP contribution in [-0.4, -0.2) is 34.1 Å². The highest BCUT2D eigenvalue weighted by atomic mass is 19.1. The van der Waals surface area contributed by atoms with Crippen LogP contribution in [0.1, 0.15) is 31.1 Å². The Bertz CT molecular complexity index is 740. The normalized spacial score (nSPS) is 10.9. The number of anilines is 1. The van der Waals surface area contributed by atoms with E-state index in [0.29, 0.717) is 5.69 Å². The molecule has 132 valence electrons. The SMILES string of the molecule is CC(C)(C)OC(=O)COc1ncc(C(=O)Nc2ccc(F)cc2)cn1. The first kappa shape index (κ1) is 18.3. The summed E-state index contributed by atoms with van der Waals surface area (Å²) in [5.41, 5.74) is 0.0226. The monoisotopic (exact) mass is 347 g/mol. The Morgan fingerprint density at radius 1 is 1.12 bits per heavy atom. The van der Waals surface area contributed by atoms with Crippen molar-refractivity contribution in [3.8, 4) is 6.01 Å². The zero-order valence-corrected chi connectivity index (χ0v) is 14.1. The Morgan fingerprint density at radius 3 is 2.28 bits per heavy atom. The van der Waals surface area contributed by atoms with E-state index in [1.54, 1.807) is 20.8 Å². The van der Waals surface area contributed by atoms with Gasteiger partial charge in [0.05, 0.1) is 5.56 Å². The largest absolute Gasteiger partial charge is 0.457 e. The van der Waals surface area contributed by atoms with Crippen molar-refractivity contribution in [3.05, 3.63) is 48.0 Å². The van der Waals surface area contributed by atoms with Gasteiger partial charge in [0.15, 0.2) is 6.61 Å². The van der Waals surface area contributed by atoms with Gasteiger partial charge in [-0.15, -0.1) is 0 Å². The van der Waals surface area contributed by atoms with Gasteiger partial charge in [-0.1, -0.05) is 0 Å². The van der Waals surface area contributed by atoms with E-state index in [-0.39, 0.29) is 18.2 Å². The van der Waals surface area contributed by atoms with Crippen molar-refractivity contribution in [2.24, 2.45) is 0 Å². The second-order valence-corrected chi connectivity index (χ2v) is 6.09. The van der Waals surface area contributed by atoms with E-state index in [1.165, 1.54) is 36.7 Å². The van der Waals surface area contributed by atoms with Crippen LogP contribution in [0.4, 0.5) is 10.1 Å². The van der Waals surface area contributed by atoms with E-state index in [0.717, 1.165) is 0 Å². The Labute approximate surface area is 144 Å². The molecule has 2 rings (SSSR count). The molecule has 0 spiro atoms. The lowest BCUT2D eigenvalue weighted by Gasteiger charge is -2.19. The number of ether oxygens (including phenoxy) is 2. The molecule has 25 heavy (non-hydrogen) atoms. The number of hydrogen-bond donors (Lipinski definition) is 1. The number of nitrogens with zero attached hydrogens (tertiary/aromatic N) is 2. The predicted octanol–water partition coefficient (Wildman–Crippen LogP) is 2.59. The first-order valence-electron chi connectivity index (χ1n) is 7.46. The average molecular weight is 347 g/mol. The summed E-state index contributed by atoms with van der Waals surface area (Å²) in [5.74, 6) is -1.40. The minimum Gasteiger partial charge on any atom is -0.457 e. The topological polar surface area (TPSA) is 90.4 Å². The highest BCUT2D eigenvalue weighted by molar-refractivity contribution is 6.03. The van der Waals surface area contributed by atoms with Crippen molar-refractivity contribution < 1.29 is 23.5 Å². The van der Waals surface area contributed by atoms with Crippen molar-refractivity contribution >= 4 is 17.6 Å². The molecule has 7 nitrogen and oxygen atoms in total. The van der Waals surface area contributed by atoms with Crippen molar-refractivity contribution in [3.63, 3.8) is 0 Å². The maximum absolute atomic E-state index is 12.8. The predicted molar refractivity (Wildman–Crippen MR) is 87.7 cm³/mol. The smallest absolute Gasteiger partial charge is 0.344 e. The van der Waals surface area contributed by atoms with E-state index < -0.39 is 23.3 Å². The summed E-state index contributed by atoms with van der Waals surface area (Å²) in [4.78, 5) is 31.3. The third-order valence-electron chi connectivity index (χ3n) is 2.73. The van der Waals surface area contributed by atoms with Crippen LogP contribution < -0.4 is 10.1 Å². The first-order chi connectivity index (χ1) is 11.7. The van der Waals surface area contributed by atoms with Crippen molar-refractivity contribution in [1.29, 1.82) is 0 Å². The molecule has 0 unspecified atom stereocenters. The number of amides is 1. The lowest BCUT2D eigenvalue weighted by molar-refractivity contribution is -0.157. The van der Waals surface area contributed by atoms with Gasteiger partial charge in [-0.25, -0.2) is 19.2 Å². The number of halogens is 1. The summed E-state index contributed by atoms with van der Waals surface area (Å²) in [6.45, 7) is 4.90. The van der Waals surface area contributed by atoms with Crippen molar-refractivity contribution in [2.75, 3.05) is 11.9 Å². The number of aromatic nitrogens is 2. The molecule has 1 amide bonds. The fourth-order valence-corrected chi connectivity index (χ4v) is 1.74. The minimum atomic E-state index is -0.608. The molecule has 0 aliphatic heterocycles. The van der Waals surface area contributed by atoms with E-state index >= 15 is 0 Å². The molecule has 0 aliphatic rings. The van der Waals surface area contributed by atoms with Gasteiger partial charge < -0.3 is 14.8 Å². The summed E-state index contributed by atoms with van der Waals surface area (Å²) in [5, 5.41) is 2.58. The van der Waals surface area contributed by atoms with Gasteiger partial charge in [0.2, 0.25) is 0 Å². The van der Waals surface area contributed by atoms with Crippen LogP contribution in [0.15, 0.2) is 36.7 Å². The molecule has 0 aliphatic carbocycles. The highest BCUT2D eigenvalue weighted by Crippen LogP contribution is 2.11. The number of hydrogen-bond acceptors (Lipinski definition) is 6. The third kappa shape index (κ3) is 6.17. The number of carbonyl (C=O) groups is 2. The zero-order chi connectivity index (χ0) is 18.4. The lowest BCUT2D eigenvalue weighted by Crippen LogP contribution is -2.27. The van der Waals surface area contributed by atoms with Gasteiger partial charge >= 0.3 is 12.0 Å². The third-order valence-corrected chi connectivity index (χ3v) is 2.73. The Balaban J connectivity index is 1.89. The van der Waals surface area contributed by atoms with Gasteiger partial charge in [-0.05, 0) is 45.0 Å². The van der Waals surface area contributed by atoms with Gasteiger partial charge in [-0.2, -0.15) is 0 Å². The molecule has 1 N–H and O–H groups in total. The van der Waals surface area contributed by atoms with E-state index in [1.807, 2.05) is 0 Å². The summed E-state index contributed by atoms with van der Waals surface area (Å²) in [6.07, 6.45) is 2.52. The van der Waals surface area contributed by atoms with Crippen LogP contribution in [0.3, 0.4) is 0 Å². The molecular formula is C17H18FN3O4. The molecule has 1 aromatic carbocycles. The average Bonchev–Trinajstić information content (AvgIpc) is 2.54. The zero-order valence-electron chi connectivity index (χ0n) is 14.1. The van der Waals surface area contributed by atoms with Crippen LogP contribution in [0.25, 0.3) is 0 Å². The molecule has 0 fully saturated rings. The molecule has 0 bridgehead atoms. The summed E-state index contributed by atoms with van der Waals surface area (Å²) in [7, 11) is 0. The Morgan fingerprint density at radius 2 is 1.72 bits per heavy atom.